The van der Waals surface area contributed by atoms with Crippen molar-refractivity contribution in [3.63, 3.8) is 0 Å². The quantitative estimate of drug-likeness (QED) is 0.134. The van der Waals surface area contributed by atoms with E-state index in [-0.39, 0.29) is 0 Å². The third kappa shape index (κ3) is 7.19. The van der Waals surface area contributed by atoms with Crippen LogP contribution in [0.3, 0.4) is 0 Å². The second-order valence-electron chi connectivity index (χ2n) is 21.1. The molecule has 0 saturated heterocycles. The van der Waals surface area contributed by atoms with Crippen LogP contribution in [-0.4, -0.2) is 20.7 Å². The van der Waals surface area contributed by atoms with Crippen molar-refractivity contribution in [1.82, 2.24) is 4.57 Å². The molecule has 0 spiro atoms. The normalized spacial score (nSPS) is 12.3. The zero-order valence-corrected chi connectivity index (χ0v) is 44.1. The third-order valence-corrected chi connectivity index (χ3v) is 19.9. The van der Waals surface area contributed by atoms with E-state index in [9.17, 15) is 0 Å². The number of nitrogens with zero attached hydrogens (tertiary/aromatic N) is 3. The maximum absolute atomic E-state index is 2.61. The van der Waals surface area contributed by atoms with Crippen molar-refractivity contribution in [2.45, 2.75) is 53.1 Å². The van der Waals surface area contributed by atoms with E-state index in [1.165, 1.54) is 102 Å². The molecular formula is C64H57N3SSi2. The smallest absolute Gasteiger partial charge is 0.0775 e. The molecular weight excluding hydrogens is 899 g/mol. The van der Waals surface area contributed by atoms with E-state index in [0.29, 0.717) is 0 Å². The lowest BCUT2D eigenvalue weighted by Crippen LogP contribution is -2.37. The largest absolute Gasteiger partial charge is 0.310 e. The number of aromatic nitrogens is 1. The van der Waals surface area contributed by atoms with Crippen LogP contribution in [-0.2, 0) is 0 Å². The summed E-state index contributed by atoms with van der Waals surface area (Å²) in [5.74, 6) is 0. The van der Waals surface area contributed by atoms with Gasteiger partial charge in [0, 0.05) is 59.8 Å². The van der Waals surface area contributed by atoms with Gasteiger partial charge in [0.05, 0.1) is 48.9 Å². The van der Waals surface area contributed by atoms with Crippen LogP contribution in [0.5, 0.6) is 0 Å². The Kier molecular flexibility index (Phi) is 10.5. The molecule has 0 saturated carbocycles. The van der Waals surface area contributed by atoms with Gasteiger partial charge in [-0.3, -0.25) is 0 Å². The first-order chi connectivity index (χ1) is 33.8. The Labute approximate surface area is 417 Å². The topological polar surface area (TPSA) is 11.4 Å². The van der Waals surface area contributed by atoms with Crippen LogP contribution in [0, 0.1) is 13.8 Å². The Morgan fingerprint density at radius 2 is 0.771 bits per heavy atom. The Morgan fingerprint density at radius 1 is 0.371 bits per heavy atom. The molecule has 70 heavy (non-hydrogen) atoms. The molecule has 6 heteroatoms. The van der Waals surface area contributed by atoms with Crippen molar-refractivity contribution in [1.29, 1.82) is 0 Å². The lowest BCUT2D eigenvalue weighted by atomic mass is 9.96. The van der Waals surface area contributed by atoms with Crippen LogP contribution in [0.1, 0.15) is 11.1 Å². The Balaban J connectivity index is 1.26. The summed E-state index contributed by atoms with van der Waals surface area (Å²) in [6.45, 7) is 19.1. The van der Waals surface area contributed by atoms with Gasteiger partial charge in [-0.2, -0.15) is 0 Å². The van der Waals surface area contributed by atoms with E-state index in [2.05, 4.69) is 268 Å². The van der Waals surface area contributed by atoms with E-state index in [0.717, 1.165) is 22.7 Å². The first kappa shape index (κ1) is 44.0. The number of anilines is 6. The van der Waals surface area contributed by atoms with E-state index < -0.39 is 16.1 Å². The Hall–Kier alpha value is -7.23. The zero-order valence-electron chi connectivity index (χ0n) is 41.3. The Morgan fingerprint density at radius 3 is 1.23 bits per heavy atom. The molecule has 0 N–H and O–H groups in total. The molecule has 0 fully saturated rings. The summed E-state index contributed by atoms with van der Waals surface area (Å²) < 4.78 is 5.19. The maximum Gasteiger partial charge on any atom is 0.0775 e. The molecule has 2 heterocycles. The van der Waals surface area contributed by atoms with Crippen molar-refractivity contribution >= 4 is 136 Å². The van der Waals surface area contributed by atoms with E-state index in [4.69, 9.17) is 0 Å². The van der Waals surface area contributed by atoms with E-state index in [1.807, 2.05) is 11.3 Å². The van der Waals surface area contributed by atoms with Crippen molar-refractivity contribution in [3.05, 3.63) is 211 Å². The van der Waals surface area contributed by atoms with Crippen molar-refractivity contribution in [2.24, 2.45) is 0 Å². The van der Waals surface area contributed by atoms with Gasteiger partial charge in [-0.15, -0.1) is 11.3 Å². The second-order valence-corrected chi connectivity index (χ2v) is 32.3. The lowest BCUT2D eigenvalue weighted by molar-refractivity contribution is 1.19. The minimum Gasteiger partial charge on any atom is -0.310 e. The average Bonchev–Trinajstić information content (AvgIpc) is 3.91. The molecule has 0 atom stereocenters. The number of hydrogen-bond acceptors (Lipinski definition) is 3. The highest BCUT2D eigenvalue weighted by Crippen LogP contribution is 2.51. The summed E-state index contributed by atoms with van der Waals surface area (Å²) in [4.78, 5) is 5.03. The number of aryl methyl sites for hydroxylation is 2. The van der Waals surface area contributed by atoms with E-state index in [1.54, 1.807) is 0 Å². The van der Waals surface area contributed by atoms with Crippen LogP contribution in [0.2, 0.25) is 39.3 Å². The van der Waals surface area contributed by atoms with Crippen LogP contribution >= 0.6 is 11.3 Å². The number of benzene rings is 10. The van der Waals surface area contributed by atoms with Gasteiger partial charge >= 0.3 is 0 Å². The number of hydrogen-bond donors (Lipinski definition) is 0. The summed E-state index contributed by atoms with van der Waals surface area (Å²) in [5.41, 5.74) is 12.9. The third-order valence-electron chi connectivity index (χ3n) is 14.5. The van der Waals surface area contributed by atoms with Gasteiger partial charge in [-0.25, -0.2) is 0 Å². The zero-order chi connectivity index (χ0) is 48.1. The fourth-order valence-corrected chi connectivity index (χ4v) is 14.4. The molecule has 0 bridgehead atoms. The van der Waals surface area contributed by atoms with Crippen molar-refractivity contribution in [3.8, 4) is 5.69 Å². The minimum atomic E-state index is -1.55. The average molecular weight is 956 g/mol. The summed E-state index contributed by atoms with van der Waals surface area (Å²) in [6.07, 6.45) is 0. The molecule has 342 valence electrons. The van der Waals surface area contributed by atoms with Crippen LogP contribution in [0.4, 0.5) is 34.1 Å². The molecule has 0 aliphatic carbocycles. The molecule has 12 aromatic rings. The molecule has 12 rings (SSSR count). The summed E-state index contributed by atoms with van der Waals surface area (Å²) in [6, 6.07) is 75.7. The van der Waals surface area contributed by atoms with Gasteiger partial charge in [0.2, 0.25) is 0 Å². The molecule has 0 aliphatic rings. The number of fused-ring (bicyclic) bond motifs is 10. The Bertz CT molecular complexity index is 3800. The van der Waals surface area contributed by atoms with Crippen LogP contribution in [0.15, 0.2) is 200 Å². The SMILES string of the molecule is Cc1ccccc1N(c1ccc([Si](C)(C)C)cc1)c1cc2c(c3ccccc13)c1c3ccccc3c(N(c3ccc([Si](C)(C)C)cc3)c3ccccc3C)cc1n2-c1cccc2c1sc1ccccc12. The first-order valence-electron chi connectivity index (χ1n) is 24.6. The highest BCUT2D eigenvalue weighted by molar-refractivity contribution is 7.26. The monoisotopic (exact) mass is 955 g/mol. The first-order valence-corrected chi connectivity index (χ1v) is 32.4. The fourth-order valence-electron chi connectivity index (χ4n) is 10.9. The lowest BCUT2D eigenvalue weighted by Gasteiger charge is -2.29. The predicted octanol–water partition coefficient (Wildman–Crippen LogP) is 18.1. The fraction of sp³-hybridized carbons (Fsp3) is 0.125. The molecule has 10 aromatic carbocycles. The van der Waals surface area contributed by atoms with Gasteiger partial charge in [0.15, 0.2) is 0 Å². The molecule has 0 radical (unpaired) electrons. The summed E-state index contributed by atoms with van der Waals surface area (Å²) >= 11 is 1.89. The van der Waals surface area contributed by atoms with Gasteiger partial charge in [0.25, 0.3) is 0 Å². The molecule has 0 aliphatic heterocycles. The number of para-hydroxylation sites is 2. The highest BCUT2D eigenvalue weighted by Gasteiger charge is 2.28. The van der Waals surface area contributed by atoms with Crippen molar-refractivity contribution < 1.29 is 0 Å². The minimum absolute atomic E-state index is 1.15. The van der Waals surface area contributed by atoms with E-state index >= 15 is 0 Å². The van der Waals surface area contributed by atoms with Gasteiger partial charge in [-0.1, -0.05) is 189 Å². The number of rotatable bonds is 9. The molecule has 0 unspecified atom stereocenters. The van der Waals surface area contributed by atoms with Crippen LogP contribution < -0.4 is 20.2 Å². The standard InChI is InChI=1S/C64H57N3SSi2/c1-42-20-9-16-28-54(42)65(44-32-36-46(37-33-44)69(3,4)5)57-40-59-62(51-25-13-11-22-48(51)57)63-52-26-14-12-23-49(52)58(66(55-29-17-10-21-43(55)2)45-34-38-47(39-35-45)70(6,7)8)41-60(63)67(59)56-30-19-27-53-50-24-15-18-31-61(50)68-64(53)56/h9-41H,1-8H3. The second kappa shape index (κ2) is 16.7. The van der Waals surface area contributed by atoms with Gasteiger partial charge in [0.1, 0.15) is 0 Å². The maximum atomic E-state index is 2.61. The highest BCUT2D eigenvalue weighted by atomic mass is 32.1. The summed E-state index contributed by atoms with van der Waals surface area (Å²) in [7, 11) is -3.11. The van der Waals surface area contributed by atoms with Crippen LogP contribution in [0.25, 0.3) is 69.2 Å². The molecule has 0 amide bonds. The molecule has 3 nitrogen and oxygen atoms in total. The molecule has 2 aromatic heterocycles. The van der Waals surface area contributed by atoms with Gasteiger partial charge < -0.3 is 14.4 Å². The van der Waals surface area contributed by atoms with Crippen molar-refractivity contribution in [2.75, 3.05) is 9.80 Å². The predicted molar refractivity (Wildman–Crippen MR) is 313 cm³/mol. The summed E-state index contributed by atoms with van der Waals surface area (Å²) in [5, 5.41) is 12.9. The number of thiophene rings is 1. The van der Waals surface area contributed by atoms with Gasteiger partial charge in [-0.05, 0) is 96.4 Å².